The molecule has 0 saturated carbocycles. The Kier molecular flexibility index (Phi) is 6.35. The van der Waals surface area contributed by atoms with Crippen LogP contribution in [0.2, 0.25) is 0 Å². The van der Waals surface area contributed by atoms with Crippen LogP contribution in [0.4, 0.5) is 4.39 Å². The van der Waals surface area contributed by atoms with E-state index < -0.39 is 17.8 Å². The van der Waals surface area contributed by atoms with E-state index in [1.807, 2.05) is 0 Å². The number of amides is 1. The van der Waals surface area contributed by atoms with Crippen LogP contribution in [-0.4, -0.2) is 51.9 Å². The Morgan fingerprint density at radius 1 is 1.33 bits per heavy atom. The van der Waals surface area contributed by atoms with E-state index in [-0.39, 0.29) is 22.4 Å². The first kappa shape index (κ1) is 20.9. The maximum Gasteiger partial charge on any atom is 0.268 e. The molecule has 1 amide bonds. The highest BCUT2D eigenvalue weighted by Gasteiger charge is 2.15. The predicted molar refractivity (Wildman–Crippen MR) is 112 cm³/mol. The van der Waals surface area contributed by atoms with Crippen molar-refractivity contribution in [3.8, 4) is 23.2 Å². The molecule has 7 nitrogen and oxygen atoms in total. The molecule has 0 fully saturated rings. The van der Waals surface area contributed by atoms with Gasteiger partial charge in [0.2, 0.25) is 0 Å². The number of hydrogen-bond donors (Lipinski definition) is 3. The van der Waals surface area contributed by atoms with E-state index in [9.17, 15) is 14.3 Å². The number of fused-ring (bicyclic) bond motifs is 1. The highest BCUT2D eigenvalue weighted by molar-refractivity contribution is 6.04. The molecule has 0 aliphatic rings. The largest absolute Gasteiger partial charge is 0.380 e. The average molecular weight is 405 g/mol. The lowest BCUT2D eigenvalue weighted by atomic mass is 10.1. The Morgan fingerprint density at radius 3 is 2.83 bits per heavy atom. The number of halogens is 1. The molecule has 152 valence electrons. The van der Waals surface area contributed by atoms with Crippen molar-refractivity contribution in [2.24, 2.45) is 5.73 Å². The Morgan fingerprint density at radius 2 is 2.10 bits per heavy atom. The van der Waals surface area contributed by atoms with Crippen LogP contribution in [0, 0.1) is 23.1 Å². The number of hydrogen-bond acceptors (Lipinski definition) is 5. The van der Waals surface area contributed by atoms with E-state index in [1.54, 1.807) is 42.3 Å². The quantitative estimate of drug-likeness (QED) is 0.330. The van der Waals surface area contributed by atoms with Crippen LogP contribution in [-0.2, 0) is 0 Å². The zero-order valence-electron chi connectivity index (χ0n) is 16.3. The molecule has 0 aliphatic carbocycles. The maximum absolute atomic E-state index is 14.3. The van der Waals surface area contributed by atoms with Gasteiger partial charge in [-0.1, -0.05) is 36.1 Å². The van der Waals surface area contributed by atoms with Gasteiger partial charge in [0.05, 0.1) is 6.34 Å². The molecule has 0 radical (unpaired) electrons. The summed E-state index contributed by atoms with van der Waals surface area (Å²) in [6.45, 7) is 0.506. The topological polar surface area (TPSA) is 116 Å². The molecule has 4 N–H and O–H groups in total. The monoisotopic (exact) mass is 405 g/mol. The van der Waals surface area contributed by atoms with Crippen LogP contribution in [0.15, 0.2) is 42.5 Å². The minimum absolute atomic E-state index is 0.0125. The SMILES string of the molecule is CN(C=N)CC[C@@H](O)C#Cc1cccc(-c2nc(C(N)=O)c3cccc(F)c3n2)c1. The third kappa shape index (κ3) is 4.77. The fraction of sp³-hybridized carbons (Fsp3) is 0.182. The molecule has 0 aliphatic heterocycles. The summed E-state index contributed by atoms with van der Waals surface area (Å²) in [5, 5.41) is 17.4. The molecule has 1 heterocycles. The minimum atomic E-state index is -0.844. The first-order chi connectivity index (χ1) is 14.4. The summed E-state index contributed by atoms with van der Waals surface area (Å²) >= 11 is 0. The molecule has 3 aromatic rings. The maximum atomic E-state index is 14.3. The average Bonchev–Trinajstić information content (AvgIpc) is 2.75. The van der Waals surface area contributed by atoms with E-state index in [0.29, 0.717) is 24.1 Å². The Balaban J connectivity index is 1.94. The number of aliphatic hydroxyl groups excluding tert-OH is 1. The summed E-state index contributed by atoms with van der Waals surface area (Å²) in [5.74, 6) is 4.44. The van der Waals surface area contributed by atoms with E-state index in [1.165, 1.54) is 18.5 Å². The number of rotatable bonds is 6. The zero-order valence-corrected chi connectivity index (χ0v) is 16.3. The number of aliphatic hydroxyl groups is 1. The fourth-order valence-electron chi connectivity index (χ4n) is 2.80. The van der Waals surface area contributed by atoms with Gasteiger partial charge in [0, 0.05) is 36.5 Å². The summed E-state index contributed by atoms with van der Waals surface area (Å²) in [7, 11) is 1.74. The van der Waals surface area contributed by atoms with E-state index in [0.717, 1.165) is 0 Å². The molecule has 2 aromatic carbocycles. The number of nitrogens with one attached hydrogen (secondary N) is 1. The second-order valence-corrected chi connectivity index (χ2v) is 6.66. The Labute approximate surface area is 172 Å². The number of nitrogens with two attached hydrogens (primary N) is 1. The Bertz CT molecular complexity index is 1170. The molecule has 8 heteroatoms. The van der Waals surface area contributed by atoms with Crippen LogP contribution in [0.25, 0.3) is 22.3 Å². The molecule has 1 aromatic heterocycles. The van der Waals surface area contributed by atoms with Gasteiger partial charge >= 0.3 is 0 Å². The molecule has 1 atom stereocenters. The number of benzene rings is 2. The molecule has 0 saturated heterocycles. The lowest BCUT2D eigenvalue weighted by molar-refractivity contribution is 0.0997. The van der Waals surface area contributed by atoms with Gasteiger partial charge in [-0.2, -0.15) is 0 Å². The highest BCUT2D eigenvalue weighted by Crippen LogP contribution is 2.24. The van der Waals surface area contributed by atoms with Gasteiger partial charge in [-0.25, -0.2) is 14.4 Å². The van der Waals surface area contributed by atoms with E-state index in [2.05, 4.69) is 21.8 Å². The number of para-hydroxylation sites is 1. The first-order valence-corrected chi connectivity index (χ1v) is 9.16. The van der Waals surface area contributed by atoms with Crippen LogP contribution in [0.1, 0.15) is 22.5 Å². The molecule has 30 heavy (non-hydrogen) atoms. The number of primary amides is 1. The third-order valence-corrected chi connectivity index (χ3v) is 4.39. The number of carbonyl (C=O) groups is 1. The lowest BCUT2D eigenvalue weighted by Gasteiger charge is -2.12. The van der Waals surface area contributed by atoms with Crippen molar-refractivity contribution in [2.75, 3.05) is 13.6 Å². The van der Waals surface area contributed by atoms with Gasteiger partial charge in [0.25, 0.3) is 5.91 Å². The van der Waals surface area contributed by atoms with E-state index >= 15 is 0 Å². The van der Waals surface area contributed by atoms with Gasteiger partial charge in [-0.15, -0.1) is 0 Å². The zero-order chi connectivity index (χ0) is 21.7. The van der Waals surface area contributed by atoms with Gasteiger partial charge in [0.15, 0.2) is 5.82 Å². The van der Waals surface area contributed by atoms with Crippen molar-refractivity contribution in [3.05, 3.63) is 59.5 Å². The van der Waals surface area contributed by atoms with E-state index in [4.69, 9.17) is 11.1 Å². The summed E-state index contributed by atoms with van der Waals surface area (Å²) in [4.78, 5) is 22.0. The van der Waals surface area contributed by atoms with Crippen LogP contribution in [0.3, 0.4) is 0 Å². The first-order valence-electron chi connectivity index (χ1n) is 9.16. The molecular weight excluding hydrogens is 385 g/mol. The second-order valence-electron chi connectivity index (χ2n) is 6.66. The normalized spacial score (nSPS) is 11.4. The van der Waals surface area contributed by atoms with Gasteiger partial charge in [0.1, 0.15) is 23.1 Å². The van der Waals surface area contributed by atoms with Crippen molar-refractivity contribution >= 4 is 23.1 Å². The van der Waals surface area contributed by atoms with Crippen LogP contribution >= 0.6 is 0 Å². The summed E-state index contributed by atoms with van der Waals surface area (Å²) in [6, 6.07) is 11.2. The second kappa shape index (κ2) is 9.11. The summed E-state index contributed by atoms with van der Waals surface area (Å²) in [5.41, 5.74) is 6.52. The smallest absolute Gasteiger partial charge is 0.268 e. The minimum Gasteiger partial charge on any atom is -0.380 e. The third-order valence-electron chi connectivity index (χ3n) is 4.39. The van der Waals surface area contributed by atoms with Crippen LogP contribution < -0.4 is 5.73 Å². The highest BCUT2D eigenvalue weighted by atomic mass is 19.1. The molecule has 0 spiro atoms. The van der Waals surface area contributed by atoms with Gasteiger partial charge in [-0.3, -0.25) is 10.2 Å². The van der Waals surface area contributed by atoms with Crippen molar-refractivity contribution < 1.29 is 14.3 Å². The van der Waals surface area contributed by atoms with Gasteiger partial charge < -0.3 is 15.7 Å². The number of aromatic nitrogens is 2. The molecule has 0 bridgehead atoms. The molecular formula is C22H20FN5O2. The van der Waals surface area contributed by atoms with Gasteiger partial charge in [-0.05, 0) is 18.2 Å². The molecule has 0 unspecified atom stereocenters. The number of carbonyl (C=O) groups excluding carboxylic acids is 1. The van der Waals surface area contributed by atoms with Crippen molar-refractivity contribution in [2.45, 2.75) is 12.5 Å². The molecule has 3 rings (SSSR count). The van der Waals surface area contributed by atoms with Crippen molar-refractivity contribution in [1.82, 2.24) is 14.9 Å². The summed E-state index contributed by atoms with van der Waals surface area (Å²) in [6.07, 6.45) is 0.729. The Hall–Kier alpha value is -3.83. The standard InChI is InChI=1S/C22H20FN5O2/c1-28(13-24)11-10-16(29)9-8-14-4-2-5-15(12-14)22-26-19-17(6-3-7-18(19)23)20(27-22)21(25)30/h2-7,12-13,16,24,29H,10-11H2,1H3,(H2,25,30)/t16-/m0/s1. The number of nitrogens with zero attached hydrogens (tertiary/aromatic N) is 3. The van der Waals surface area contributed by atoms with Crippen molar-refractivity contribution in [1.29, 1.82) is 5.41 Å². The summed E-state index contributed by atoms with van der Waals surface area (Å²) < 4.78 is 14.3. The van der Waals surface area contributed by atoms with Crippen LogP contribution in [0.5, 0.6) is 0 Å². The lowest BCUT2D eigenvalue weighted by Crippen LogP contribution is -2.20. The predicted octanol–water partition coefficient (Wildman–Crippen LogP) is 2.18. The fourth-order valence-corrected chi connectivity index (χ4v) is 2.80. The van der Waals surface area contributed by atoms with Crippen molar-refractivity contribution in [3.63, 3.8) is 0 Å².